The van der Waals surface area contributed by atoms with Crippen molar-refractivity contribution in [1.82, 2.24) is 15.6 Å². The average Bonchev–Trinajstić information content (AvgIpc) is 2.48. The van der Waals surface area contributed by atoms with E-state index in [0.717, 1.165) is 17.0 Å². The van der Waals surface area contributed by atoms with E-state index in [1.54, 1.807) is 12.1 Å². The maximum absolute atomic E-state index is 11.9. The van der Waals surface area contributed by atoms with Crippen LogP contribution in [0.4, 0.5) is 4.79 Å². The van der Waals surface area contributed by atoms with Crippen LogP contribution in [0.3, 0.4) is 0 Å². The fourth-order valence-electron chi connectivity index (χ4n) is 1.98. The minimum absolute atomic E-state index is 0.180. The second-order valence-corrected chi connectivity index (χ2v) is 5.81. The largest absolute Gasteiger partial charge is 0.332 e. The maximum atomic E-state index is 11.9. The van der Waals surface area contributed by atoms with Crippen LogP contribution >= 0.6 is 23.2 Å². The summed E-state index contributed by atoms with van der Waals surface area (Å²) >= 11 is 11.9. The molecule has 2 amide bonds. The monoisotopic (exact) mass is 337 g/mol. The minimum atomic E-state index is -0.262. The number of nitrogens with zero attached hydrogens (tertiary/aromatic N) is 1. The van der Waals surface area contributed by atoms with Gasteiger partial charge in [-0.15, -0.1) is 0 Å². The van der Waals surface area contributed by atoms with Gasteiger partial charge in [-0.1, -0.05) is 35.3 Å². The van der Waals surface area contributed by atoms with E-state index in [-0.39, 0.29) is 12.1 Å². The summed E-state index contributed by atoms with van der Waals surface area (Å²) in [5.41, 5.74) is 2.62. The summed E-state index contributed by atoms with van der Waals surface area (Å²) in [5, 5.41) is 6.59. The van der Waals surface area contributed by atoms with Crippen molar-refractivity contribution in [2.75, 3.05) is 0 Å². The van der Waals surface area contributed by atoms with Gasteiger partial charge in [0.25, 0.3) is 0 Å². The van der Waals surface area contributed by atoms with Gasteiger partial charge in [-0.25, -0.2) is 4.79 Å². The molecule has 0 saturated heterocycles. The van der Waals surface area contributed by atoms with Gasteiger partial charge >= 0.3 is 6.03 Å². The van der Waals surface area contributed by atoms with Crippen molar-refractivity contribution < 1.29 is 4.79 Å². The molecule has 1 atom stereocenters. The molecule has 0 aliphatic heterocycles. The molecule has 0 saturated carbocycles. The van der Waals surface area contributed by atoms with E-state index in [2.05, 4.69) is 15.6 Å². The number of carbonyl (C=O) groups is 1. The molecule has 0 radical (unpaired) electrons. The molecule has 1 heterocycles. The minimum Gasteiger partial charge on any atom is -0.332 e. The van der Waals surface area contributed by atoms with Gasteiger partial charge in [-0.3, -0.25) is 4.98 Å². The molecular weight excluding hydrogens is 321 g/mol. The van der Waals surface area contributed by atoms with Crippen LogP contribution in [0.25, 0.3) is 0 Å². The SMILES string of the molecule is Cc1cccc(CNC(=O)NC(C)c2ccc(Cl)c(Cl)c2)n1. The number of urea groups is 1. The quantitative estimate of drug-likeness (QED) is 0.875. The van der Waals surface area contributed by atoms with E-state index in [4.69, 9.17) is 23.2 Å². The molecular formula is C16H17Cl2N3O. The summed E-state index contributed by atoms with van der Waals surface area (Å²) in [5.74, 6) is 0. The van der Waals surface area contributed by atoms with Gasteiger partial charge < -0.3 is 10.6 Å². The third kappa shape index (κ3) is 4.61. The first-order chi connectivity index (χ1) is 10.5. The highest BCUT2D eigenvalue weighted by Gasteiger charge is 2.11. The Kier molecular flexibility index (Phi) is 5.63. The van der Waals surface area contributed by atoms with Crippen LogP contribution in [0, 0.1) is 6.92 Å². The van der Waals surface area contributed by atoms with Gasteiger partial charge in [0.15, 0.2) is 0 Å². The highest BCUT2D eigenvalue weighted by molar-refractivity contribution is 6.42. The molecule has 1 aromatic carbocycles. The number of hydrogen-bond acceptors (Lipinski definition) is 2. The van der Waals surface area contributed by atoms with Gasteiger partial charge in [0.1, 0.15) is 0 Å². The Morgan fingerprint density at radius 2 is 2.00 bits per heavy atom. The fraction of sp³-hybridized carbons (Fsp3) is 0.250. The van der Waals surface area contributed by atoms with Crippen LogP contribution in [-0.4, -0.2) is 11.0 Å². The van der Waals surface area contributed by atoms with Crippen molar-refractivity contribution in [3.05, 3.63) is 63.4 Å². The number of pyridine rings is 1. The van der Waals surface area contributed by atoms with E-state index in [0.29, 0.717) is 16.6 Å². The van der Waals surface area contributed by atoms with E-state index < -0.39 is 0 Å². The van der Waals surface area contributed by atoms with Crippen LogP contribution in [-0.2, 0) is 6.54 Å². The molecule has 1 unspecified atom stereocenters. The zero-order valence-corrected chi connectivity index (χ0v) is 13.9. The summed E-state index contributed by atoms with van der Waals surface area (Å²) in [6, 6.07) is 10.5. The molecule has 4 nitrogen and oxygen atoms in total. The lowest BCUT2D eigenvalue weighted by atomic mass is 10.1. The molecule has 22 heavy (non-hydrogen) atoms. The summed E-state index contributed by atoms with van der Waals surface area (Å²) in [6.45, 7) is 4.17. The van der Waals surface area contributed by atoms with Crippen molar-refractivity contribution in [3.63, 3.8) is 0 Å². The number of aromatic nitrogens is 1. The molecule has 0 aliphatic rings. The first kappa shape index (κ1) is 16.6. The Morgan fingerprint density at radius 1 is 1.23 bits per heavy atom. The predicted molar refractivity (Wildman–Crippen MR) is 89.2 cm³/mol. The van der Waals surface area contributed by atoms with Crippen molar-refractivity contribution in [2.45, 2.75) is 26.4 Å². The van der Waals surface area contributed by atoms with Gasteiger partial charge in [0.2, 0.25) is 0 Å². The molecule has 2 N–H and O–H groups in total. The number of rotatable bonds is 4. The molecule has 0 spiro atoms. The molecule has 0 bridgehead atoms. The summed E-state index contributed by atoms with van der Waals surface area (Å²) in [7, 11) is 0. The van der Waals surface area contributed by atoms with Gasteiger partial charge in [-0.05, 0) is 43.7 Å². The van der Waals surface area contributed by atoms with Crippen LogP contribution in [0.15, 0.2) is 36.4 Å². The number of hydrogen-bond donors (Lipinski definition) is 2. The van der Waals surface area contributed by atoms with Crippen LogP contribution < -0.4 is 10.6 Å². The Morgan fingerprint density at radius 3 is 2.68 bits per heavy atom. The standard InChI is InChI=1S/C16H17Cl2N3O/c1-10-4-3-5-13(20-10)9-19-16(22)21-11(2)12-6-7-14(17)15(18)8-12/h3-8,11H,9H2,1-2H3,(H2,19,21,22). The summed E-state index contributed by atoms with van der Waals surface area (Å²) < 4.78 is 0. The number of aryl methyl sites for hydroxylation is 1. The van der Waals surface area contributed by atoms with Crippen LogP contribution in [0.1, 0.15) is 29.9 Å². The third-order valence-corrected chi connectivity index (χ3v) is 3.91. The summed E-state index contributed by atoms with van der Waals surface area (Å²) in [6.07, 6.45) is 0. The topological polar surface area (TPSA) is 54.0 Å². The van der Waals surface area contributed by atoms with E-state index in [9.17, 15) is 4.79 Å². The van der Waals surface area contributed by atoms with E-state index in [1.807, 2.05) is 38.1 Å². The van der Waals surface area contributed by atoms with Crippen molar-refractivity contribution in [3.8, 4) is 0 Å². The lowest BCUT2D eigenvalue weighted by Gasteiger charge is -2.15. The number of halogens is 2. The molecule has 1 aromatic heterocycles. The average molecular weight is 338 g/mol. The van der Waals surface area contributed by atoms with Gasteiger partial charge in [0, 0.05) is 5.69 Å². The highest BCUT2D eigenvalue weighted by atomic mass is 35.5. The van der Waals surface area contributed by atoms with Gasteiger partial charge in [0.05, 0.1) is 28.3 Å². The van der Waals surface area contributed by atoms with Crippen LogP contribution in [0.2, 0.25) is 10.0 Å². The lowest BCUT2D eigenvalue weighted by molar-refractivity contribution is 0.237. The number of nitrogens with one attached hydrogen (secondary N) is 2. The van der Waals surface area contributed by atoms with Crippen molar-refractivity contribution in [1.29, 1.82) is 0 Å². The first-order valence-corrected chi connectivity index (χ1v) is 7.63. The Hall–Kier alpha value is -1.78. The zero-order chi connectivity index (χ0) is 16.1. The second-order valence-electron chi connectivity index (χ2n) is 4.99. The smallest absolute Gasteiger partial charge is 0.315 e. The summed E-state index contributed by atoms with van der Waals surface area (Å²) in [4.78, 5) is 16.3. The molecule has 6 heteroatoms. The molecule has 116 valence electrons. The normalized spacial score (nSPS) is 11.8. The van der Waals surface area contributed by atoms with E-state index >= 15 is 0 Å². The lowest BCUT2D eigenvalue weighted by Crippen LogP contribution is -2.36. The van der Waals surface area contributed by atoms with Gasteiger partial charge in [-0.2, -0.15) is 0 Å². The zero-order valence-electron chi connectivity index (χ0n) is 12.4. The molecule has 0 fully saturated rings. The van der Waals surface area contributed by atoms with Crippen LogP contribution in [0.5, 0.6) is 0 Å². The van der Waals surface area contributed by atoms with Crippen molar-refractivity contribution in [2.24, 2.45) is 0 Å². The molecule has 2 rings (SSSR count). The number of benzene rings is 1. The molecule has 2 aromatic rings. The highest BCUT2D eigenvalue weighted by Crippen LogP contribution is 2.25. The maximum Gasteiger partial charge on any atom is 0.315 e. The fourth-order valence-corrected chi connectivity index (χ4v) is 2.29. The second kappa shape index (κ2) is 7.47. The number of carbonyl (C=O) groups excluding carboxylic acids is 1. The van der Waals surface area contributed by atoms with Crippen molar-refractivity contribution >= 4 is 29.2 Å². The Labute approximate surface area is 139 Å². The number of amides is 2. The first-order valence-electron chi connectivity index (χ1n) is 6.87. The van der Waals surface area contributed by atoms with E-state index in [1.165, 1.54) is 0 Å². The molecule has 0 aliphatic carbocycles. The predicted octanol–water partition coefficient (Wildman–Crippen LogP) is 4.26. The third-order valence-electron chi connectivity index (χ3n) is 3.17. The Balaban J connectivity index is 1.89. The Bertz CT molecular complexity index is 676.